The second-order valence-electron chi connectivity index (χ2n) is 8.95. The zero-order valence-corrected chi connectivity index (χ0v) is 18.9. The molecule has 0 unspecified atom stereocenters. The molecule has 0 bridgehead atoms. The van der Waals surface area contributed by atoms with Gasteiger partial charge in [0.1, 0.15) is 0 Å². The minimum atomic E-state index is 0.668. The Morgan fingerprint density at radius 2 is 1.62 bits per heavy atom. The molecule has 0 atom stereocenters. The van der Waals surface area contributed by atoms with E-state index in [1.807, 2.05) is 36.5 Å². The number of anilines is 1. The molecule has 6 rings (SSSR count). The maximum atomic E-state index is 4.21. The molecule has 0 fully saturated rings. The molecule has 3 aromatic carbocycles. The molecular weight excluding hydrogens is 388 g/mol. The predicted molar refractivity (Wildman–Crippen MR) is 137 cm³/mol. The fourth-order valence-corrected chi connectivity index (χ4v) is 5.10. The molecule has 32 heavy (non-hydrogen) atoms. The molecule has 1 N–H and O–H groups in total. The second kappa shape index (κ2) is 9.00. The summed E-state index contributed by atoms with van der Waals surface area (Å²) in [6.07, 6.45) is 12.9. The summed E-state index contributed by atoms with van der Waals surface area (Å²) in [5.41, 5.74) is 6.92. The van der Waals surface area contributed by atoms with Gasteiger partial charge in [0.15, 0.2) is 0 Å². The van der Waals surface area contributed by atoms with E-state index in [1.165, 1.54) is 34.9 Å². The first-order valence-electron chi connectivity index (χ1n) is 11.7. The number of rotatable bonds is 1. The Balaban J connectivity index is 0.000000165. The van der Waals surface area contributed by atoms with Crippen molar-refractivity contribution in [3.8, 4) is 0 Å². The zero-order valence-electron chi connectivity index (χ0n) is 18.9. The highest BCUT2D eigenvalue weighted by Crippen LogP contribution is 2.25. The highest BCUT2D eigenvalue weighted by Gasteiger charge is 2.16. The minimum Gasteiger partial charge on any atom is -0.360 e. The van der Waals surface area contributed by atoms with E-state index in [-0.39, 0.29) is 0 Å². The number of aliphatic imine (C=N–C) groups is 1. The van der Waals surface area contributed by atoms with Gasteiger partial charge in [-0.15, -0.1) is 0 Å². The summed E-state index contributed by atoms with van der Waals surface area (Å²) in [5, 5.41) is 8.96. The van der Waals surface area contributed by atoms with Gasteiger partial charge in [-0.2, -0.15) is 0 Å². The molecule has 1 aliphatic heterocycles. The number of nitrogens with zero attached hydrogens (tertiary/aromatic N) is 1. The second-order valence-corrected chi connectivity index (χ2v) is 8.95. The van der Waals surface area contributed by atoms with Crippen LogP contribution in [0.4, 0.5) is 11.4 Å². The molecule has 3 aromatic rings. The maximum absolute atomic E-state index is 4.21. The van der Waals surface area contributed by atoms with Crippen LogP contribution in [0.15, 0.2) is 77.9 Å². The van der Waals surface area contributed by atoms with Crippen LogP contribution in [-0.2, 0) is 12.8 Å². The van der Waals surface area contributed by atoms with E-state index in [0.717, 1.165) is 17.8 Å². The highest BCUT2D eigenvalue weighted by molar-refractivity contribution is 5.81. The van der Waals surface area contributed by atoms with Crippen LogP contribution >= 0.6 is 0 Å². The summed E-state index contributed by atoms with van der Waals surface area (Å²) >= 11 is 0. The third kappa shape index (κ3) is 3.93. The van der Waals surface area contributed by atoms with Crippen LogP contribution in [0.3, 0.4) is 0 Å². The van der Waals surface area contributed by atoms with Gasteiger partial charge in [0.05, 0.1) is 11.4 Å². The average molecular weight is 419 g/mol. The van der Waals surface area contributed by atoms with Gasteiger partial charge in [0.2, 0.25) is 0 Å². The van der Waals surface area contributed by atoms with E-state index < -0.39 is 0 Å². The van der Waals surface area contributed by atoms with Gasteiger partial charge in [-0.25, -0.2) is 0 Å². The lowest BCUT2D eigenvalue weighted by Gasteiger charge is -2.22. The fraction of sp³-hybridized carbons (Fsp3) is 0.233. The molecule has 0 aromatic heterocycles. The molecule has 2 nitrogen and oxygen atoms in total. The minimum absolute atomic E-state index is 0.668. The van der Waals surface area contributed by atoms with Crippen LogP contribution in [0, 0.1) is 16.4 Å². The molecule has 0 saturated heterocycles. The van der Waals surface area contributed by atoms with Crippen LogP contribution in [-0.4, -0.2) is 6.21 Å². The Labute approximate surface area is 190 Å². The van der Waals surface area contributed by atoms with Gasteiger partial charge in [0, 0.05) is 12.4 Å². The summed E-state index contributed by atoms with van der Waals surface area (Å²) in [7, 11) is 0. The number of nitrogens with one attached hydrogen (secondary N) is 1. The maximum Gasteiger partial charge on any atom is 0.0864 e. The summed E-state index contributed by atoms with van der Waals surface area (Å²) < 4.78 is 0. The number of allylic oxidation sites excluding steroid dienone is 1. The third-order valence-electron chi connectivity index (χ3n) is 6.66. The van der Waals surface area contributed by atoms with E-state index in [1.54, 1.807) is 28.1 Å². The van der Waals surface area contributed by atoms with Crippen molar-refractivity contribution in [2.45, 2.75) is 39.5 Å². The summed E-state index contributed by atoms with van der Waals surface area (Å²) in [6.45, 7) is 4.68. The smallest absolute Gasteiger partial charge is 0.0864 e. The van der Waals surface area contributed by atoms with Crippen molar-refractivity contribution in [2.75, 3.05) is 5.32 Å². The molecule has 2 aliphatic carbocycles. The van der Waals surface area contributed by atoms with E-state index in [0.29, 0.717) is 5.92 Å². The van der Waals surface area contributed by atoms with Crippen molar-refractivity contribution >= 4 is 29.2 Å². The Hall–Kier alpha value is -3.39. The molecule has 2 heteroatoms. The number of hydrogen-bond acceptors (Lipinski definition) is 2. The van der Waals surface area contributed by atoms with Gasteiger partial charge in [0.25, 0.3) is 0 Å². The van der Waals surface area contributed by atoms with Crippen molar-refractivity contribution in [3.05, 3.63) is 105 Å². The van der Waals surface area contributed by atoms with E-state index in [4.69, 9.17) is 0 Å². The molecule has 1 heterocycles. The van der Waals surface area contributed by atoms with Crippen LogP contribution in [0.5, 0.6) is 0 Å². The summed E-state index contributed by atoms with van der Waals surface area (Å²) in [4.78, 5) is 4.21. The van der Waals surface area contributed by atoms with Crippen LogP contribution < -0.4 is 15.8 Å². The largest absolute Gasteiger partial charge is 0.360 e. The van der Waals surface area contributed by atoms with Gasteiger partial charge in [-0.3, -0.25) is 4.99 Å². The predicted octanol–water partition coefficient (Wildman–Crippen LogP) is 5.78. The van der Waals surface area contributed by atoms with Crippen molar-refractivity contribution in [1.29, 1.82) is 0 Å². The first kappa shape index (κ1) is 20.5. The van der Waals surface area contributed by atoms with Gasteiger partial charge in [-0.05, 0) is 81.8 Å². The standard InChI is InChI=1S/C21H22.C9H8N2/c1-14(2)16-8-5-9-18-19(16)12-13-20-17-7-4-3-6-15(17)10-11-21(18)20;1-2-5-9-8(4-1)10-6-3-7-11-9/h3-4,6-7,10,12-14H,5,8-9,11H2,1-2H3;1-7,10H. The Bertz CT molecular complexity index is 1420. The fourth-order valence-electron chi connectivity index (χ4n) is 5.10. The molecular formula is C30H30N2. The lowest BCUT2D eigenvalue weighted by atomic mass is 9.83. The molecule has 160 valence electrons. The summed E-state index contributed by atoms with van der Waals surface area (Å²) in [6, 6.07) is 21.5. The highest BCUT2D eigenvalue weighted by atomic mass is 14.9. The van der Waals surface area contributed by atoms with E-state index in [9.17, 15) is 0 Å². The lowest BCUT2D eigenvalue weighted by Crippen LogP contribution is -2.24. The van der Waals surface area contributed by atoms with Crippen molar-refractivity contribution in [3.63, 3.8) is 0 Å². The third-order valence-corrected chi connectivity index (χ3v) is 6.66. The SMILES string of the molecule is C1=CNc2ccccc2N=C1.CC(C)C1=c2ccc3c(c2CCC1)CC=c1ccccc1=3. The first-order chi connectivity index (χ1) is 15.7. The number of para-hydroxylation sites is 2. The van der Waals surface area contributed by atoms with Crippen molar-refractivity contribution in [1.82, 2.24) is 0 Å². The van der Waals surface area contributed by atoms with Crippen LogP contribution in [0.1, 0.15) is 37.8 Å². The van der Waals surface area contributed by atoms with Gasteiger partial charge >= 0.3 is 0 Å². The van der Waals surface area contributed by atoms with Crippen LogP contribution in [0.2, 0.25) is 0 Å². The molecule has 0 radical (unpaired) electrons. The van der Waals surface area contributed by atoms with Crippen LogP contribution in [0.25, 0.3) is 11.6 Å². The Morgan fingerprint density at radius 1 is 0.812 bits per heavy atom. The van der Waals surface area contributed by atoms with Crippen molar-refractivity contribution in [2.24, 2.45) is 10.9 Å². The molecule has 3 aliphatic rings. The molecule has 0 spiro atoms. The lowest BCUT2D eigenvalue weighted by molar-refractivity contribution is 0.726. The topological polar surface area (TPSA) is 24.4 Å². The number of benzene rings is 3. The van der Waals surface area contributed by atoms with Gasteiger partial charge < -0.3 is 5.32 Å². The Kier molecular flexibility index (Phi) is 5.77. The van der Waals surface area contributed by atoms with E-state index in [2.05, 4.69) is 66.6 Å². The quantitative estimate of drug-likeness (QED) is 0.532. The Morgan fingerprint density at radius 3 is 2.53 bits per heavy atom. The van der Waals surface area contributed by atoms with Crippen molar-refractivity contribution < 1.29 is 0 Å². The monoisotopic (exact) mass is 418 g/mol. The van der Waals surface area contributed by atoms with Gasteiger partial charge in [-0.1, -0.05) is 74.0 Å². The molecule has 0 saturated carbocycles. The number of fused-ring (bicyclic) bond motifs is 5. The normalized spacial score (nSPS) is 15.2. The zero-order chi connectivity index (χ0) is 21.9. The number of hydrogen-bond donors (Lipinski definition) is 1. The average Bonchev–Trinajstić information content (AvgIpc) is 3.09. The summed E-state index contributed by atoms with van der Waals surface area (Å²) in [5.74, 6) is 0.668. The van der Waals surface area contributed by atoms with E-state index >= 15 is 0 Å². The molecule has 0 amide bonds. The first-order valence-corrected chi connectivity index (χ1v) is 11.7.